The van der Waals surface area contributed by atoms with Crippen LogP contribution in [0.4, 0.5) is 0 Å². The van der Waals surface area contributed by atoms with Crippen LogP contribution < -0.4 is 0 Å². The zero-order chi connectivity index (χ0) is 28.1. The molecule has 0 saturated carbocycles. The molecule has 0 aliphatic carbocycles. The molecular weight excluding hydrogens is 541 g/mol. The number of nitrogens with zero attached hydrogens (tertiary/aromatic N) is 2. The number of fused-ring (bicyclic) bond motifs is 11. The molecule has 2 nitrogen and oxygen atoms in total. The maximum absolute atomic E-state index is 2.46. The maximum atomic E-state index is 2.46. The summed E-state index contributed by atoms with van der Waals surface area (Å²) in [6.07, 6.45) is 0. The maximum Gasteiger partial charge on any atom is 0.0547 e. The Morgan fingerprint density at radius 2 is 1.02 bits per heavy atom. The van der Waals surface area contributed by atoms with E-state index in [9.17, 15) is 0 Å². The Bertz CT molecular complexity index is 2720. The van der Waals surface area contributed by atoms with Crippen LogP contribution in [-0.2, 0) is 0 Å². The Hall–Kier alpha value is -5.38. The van der Waals surface area contributed by atoms with Gasteiger partial charge in [0.1, 0.15) is 0 Å². The highest BCUT2D eigenvalue weighted by Crippen LogP contribution is 2.42. The number of aromatic nitrogens is 2. The minimum Gasteiger partial charge on any atom is -0.309 e. The van der Waals surface area contributed by atoms with Gasteiger partial charge in [0.2, 0.25) is 0 Å². The van der Waals surface area contributed by atoms with Gasteiger partial charge in [-0.05, 0) is 71.4 Å². The minimum absolute atomic E-state index is 1.18. The molecule has 0 spiro atoms. The highest BCUT2D eigenvalue weighted by Gasteiger charge is 2.18. The van der Waals surface area contributed by atoms with E-state index in [0.29, 0.717) is 0 Å². The first-order valence-electron chi connectivity index (χ1n) is 14.7. The normalized spacial score (nSPS) is 12.2. The Morgan fingerprint density at radius 1 is 0.349 bits per heavy atom. The van der Waals surface area contributed by atoms with Crippen molar-refractivity contribution < 1.29 is 0 Å². The number of para-hydroxylation sites is 3. The van der Waals surface area contributed by atoms with Crippen LogP contribution in [0.25, 0.3) is 85.9 Å². The number of hydrogen-bond donors (Lipinski definition) is 0. The van der Waals surface area contributed by atoms with Crippen molar-refractivity contribution in [2.24, 2.45) is 0 Å². The van der Waals surface area contributed by atoms with Crippen LogP contribution in [0.5, 0.6) is 0 Å². The molecule has 0 N–H and O–H groups in total. The number of benzene rings is 7. The third-order valence-corrected chi connectivity index (χ3v) is 10.2. The molecule has 0 amide bonds. The molecule has 0 atom stereocenters. The summed E-state index contributed by atoms with van der Waals surface area (Å²) in [6, 6.07) is 53.5. The van der Waals surface area contributed by atoms with Gasteiger partial charge < -0.3 is 9.13 Å². The van der Waals surface area contributed by atoms with Crippen molar-refractivity contribution in [3.05, 3.63) is 146 Å². The van der Waals surface area contributed by atoms with E-state index >= 15 is 0 Å². The van der Waals surface area contributed by atoms with Gasteiger partial charge in [-0.25, -0.2) is 0 Å². The summed E-state index contributed by atoms with van der Waals surface area (Å²) in [5.74, 6) is 0. The van der Waals surface area contributed by atoms with Gasteiger partial charge >= 0.3 is 0 Å². The third kappa shape index (κ3) is 3.17. The summed E-state index contributed by atoms with van der Waals surface area (Å²) in [5.41, 5.74) is 7.30. The molecule has 3 aromatic heterocycles. The van der Waals surface area contributed by atoms with Gasteiger partial charge in [-0.15, -0.1) is 11.3 Å². The Balaban J connectivity index is 1.34. The molecule has 3 heterocycles. The SMILES string of the molecule is c1ccc(-n2c3ccccc3c3c4cc5c(cc4ccc32)c2ccccc2n5-c2ccc3c(c2)sc2ccccc23)cc1. The molecule has 43 heavy (non-hydrogen) atoms. The number of rotatable bonds is 2. The topological polar surface area (TPSA) is 9.86 Å². The standard InChI is InChI=1S/C40H24N2S/c1-2-10-26(11-3-1)41-35-16-8-5-14-31(35)40-32-24-37-33(22-25(32)18-21-36(40)41)28-12-4-7-15-34(28)42(37)27-19-20-30-29-13-6-9-17-38(29)43-39(30)23-27/h1-24H. The van der Waals surface area contributed by atoms with Crippen LogP contribution in [0, 0.1) is 0 Å². The van der Waals surface area contributed by atoms with Crippen LogP contribution in [0.15, 0.2) is 146 Å². The van der Waals surface area contributed by atoms with Gasteiger partial charge in [0.05, 0.1) is 22.1 Å². The first-order chi connectivity index (χ1) is 21.3. The van der Waals surface area contributed by atoms with E-state index in [2.05, 4.69) is 155 Å². The zero-order valence-corrected chi connectivity index (χ0v) is 24.0. The first-order valence-corrected chi connectivity index (χ1v) is 15.5. The summed E-state index contributed by atoms with van der Waals surface area (Å²) in [6.45, 7) is 0. The second-order valence-electron chi connectivity index (χ2n) is 11.4. The van der Waals surface area contributed by atoms with E-state index in [-0.39, 0.29) is 0 Å². The van der Waals surface area contributed by atoms with Crippen LogP contribution >= 0.6 is 11.3 Å². The van der Waals surface area contributed by atoms with Gasteiger partial charge in [-0.1, -0.05) is 84.9 Å². The fourth-order valence-corrected chi connectivity index (χ4v) is 8.38. The fraction of sp³-hybridized carbons (Fsp3) is 0. The smallest absolute Gasteiger partial charge is 0.0547 e. The highest BCUT2D eigenvalue weighted by atomic mass is 32.1. The lowest BCUT2D eigenvalue weighted by atomic mass is 10.0. The first kappa shape index (κ1) is 23.2. The van der Waals surface area contributed by atoms with Crippen LogP contribution in [0.1, 0.15) is 0 Å². The predicted octanol–water partition coefficient (Wildman–Crippen LogP) is 11.4. The Labute approximate surface area is 251 Å². The third-order valence-electron chi connectivity index (χ3n) is 9.08. The Kier molecular flexibility index (Phi) is 4.63. The summed E-state index contributed by atoms with van der Waals surface area (Å²) in [4.78, 5) is 0. The molecule has 0 saturated heterocycles. The molecule has 200 valence electrons. The largest absolute Gasteiger partial charge is 0.309 e. The Morgan fingerprint density at radius 3 is 1.88 bits per heavy atom. The molecule has 0 fully saturated rings. The molecule has 3 heteroatoms. The van der Waals surface area contributed by atoms with Crippen molar-refractivity contribution in [3.63, 3.8) is 0 Å². The molecule has 0 aliphatic rings. The molecule has 0 aliphatic heterocycles. The second kappa shape index (κ2) is 8.57. The highest BCUT2D eigenvalue weighted by molar-refractivity contribution is 7.25. The minimum atomic E-state index is 1.18. The van der Waals surface area contributed by atoms with Gasteiger partial charge in [0.25, 0.3) is 0 Å². The second-order valence-corrected chi connectivity index (χ2v) is 12.5. The van der Waals surface area contributed by atoms with Crippen molar-refractivity contribution in [2.45, 2.75) is 0 Å². The molecule has 10 rings (SSSR count). The molecule has 0 bridgehead atoms. The average Bonchev–Trinajstić information content (AvgIpc) is 3.71. The summed E-state index contributed by atoms with van der Waals surface area (Å²) in [5, 5.41) is 10.3. The summed E-state index contributed by atoms with van der Waals surface area (Å²) < 4.78 is 7.52. The van der Waals surface area contributed by atoms with E-state index in [1.54, 1.807) is 0 Å². The van der Waals surface area contributed by atoms with Crippen LogP contribution in [0.3, 0.4) is 0 Å². The summed E-state index contributed by atoms with van der Waals surface area (Å²) >= 11 is 1.87. The average molecular weight is 565 g/mol. The molecule has 0 unspecified atom stereocenters. The predicted molar refractivity (Wildman–Crippen MR) is 186 cm³/mol. The van der Waals surface area contributed by atoms with Gasteiger partial charge in [-0.3, -0.25) is 0 Å². The summed E-state index contributed by atoms with van der Waals surface area (Å²) in [7, 11) is 0. The van der Waals surface area contributed by atoms with Gasteiger partial charge in [-0.2, -0.15) is 0 Å². The zero-order valence-electron chi connectivity index (χ0n) is 23.2. The van der Waals surface area contributed by atoms with Crippen LogP contribution in [-0.4, -0.2) is 9.13 Å². The monoisotopic (exact) mass is 564 g/mol. The molecular formula is C40H24N2S. The molecule has 10 aromatic rings. The lowest BCUT2D eigenvalue weighted by molar-refractivity contribution is 1.18. The lowest BCUT2D eigenvalue weighted by Crippen LogP contribution is -1.94. The lowest BCUT2D eigenvalue weighted by Gasteiger charge is -2.10. The van der Waals surface area contributed by atoms with Crippen molar-refractivity contribution in [1.82, 2.24) is 9.13 Å². The fourth-order valence-electron chi connectivity index (χ4n) is 7.24. The van der Waals surface area contributed by atoms with Crippen molar-refractivity contribution in [2.75, 3.05) is 0 Å². The molecule has 0 radical (unpaired) electrons. The van der Waals surface area contributed by atoms with Crippen molar-refractivity contribution in [3.8, 4) is 11.4 Å². The van der Waals surface area contributed by atoms with E-state index in [1.807, 2.05) is 11.3 Å². The number of thiophene rings is 1. The quantitative estimate of drug-likeness (QED) is 0.198. The van der Waals surface area contributed by atoms with Crippen molar-refractivity contribution >= 4 is 85.9 Å². The molecule has 7 aromatic carbocycles. The van der Waals surface area contributed by atoms with E-state index < -0.39 is 0 Å². The van der Waals surface area contributed by atoms with Gasteiger partial charge in [0, 0.05) is 53.1 Å². The van der Waals surface area contributed by atoms with Crippen molar-refractivity contribution in [1.29, 1.82) is 0 Å². The number of hydrogen-bond acceptors (Lipinski definition) is 1. The van der Waals surface area contributed by atoms with E-state index in [0.717, 1.165) is 0 Å². The van der Waals surface area contributed by atoms with E-state index in [4.69, 9.17) is 0 Å². The van der Waals surface area contributed by atoms with Gasteiger partial charge in [0.15, 0.2) is 0 Å². The van der Waals surface area contributed by atoms with Crippen LogP contribution in [0.2, 0.25) is 0 Å². The van der Waals surface area contributed by atoms with E-state index in [1.165, 1.54) is 85.9 Å².